The van der Waals surface area contributed by atoms with Gasteiger partial charge in [0.25, 0.3) is 0 Å². The summed E-state index contributed by atoms with van der Waals surface area (Å²) in [6, 6.07) is 3.00. The minimum atomic E-state index is -1.48. The van der Waals surface area contributed by atoms with E-state index in [2.05, 4.69) is 9.97 Å². The van der Waals surface area contributed by atoms with Gasteiger partial charge in [-0.1, -0.05) is 23.2 Å². The quantitative estimate of drug-likeness (QED) is 0.111. The second kappa shape index (κ2) is 18.1. The molecule has 0 aliphatic carbocycles. The largest absolute Gasteiger partial charge is 1.00 e. The number of pyridine rings is 2. The van der Waals surface area contributed by atoms with Gasteiger partial charge in [-0.2, -0.15) is 0 Å². The van der Waals surface area contributed by atoms with E-state index in [1.165, 1.54) is 24.8 Å². The van der Waals surface area contributed by atoms with Gasteiger partial charge in [-0.15, -0.1) is 22.7 Å². The Morgan fingerprint density at radius 1 is 0.709 bits per heavy atom. The van der Waals surface area contributed by atoms with E-state index in [1.54, 1.807) is 6.92 Å². The van der Waals surface area contributed by atoms with E-state index in [9.17, 15) is 41.8 Å². The van der Waals surface area contributed by atoms with Gasteiger partial charge in [0.2, 0.25) is 11.8 Å². The third-order valence-corrected chi connectivity index (χ3v) is 10.1. The molecule has 280 valence electrons. The van der Waals surface area contributed by atoms with Crippen molar-refractivity contribution in [2.24, 2.45) is 11.5 Å². The molecule has 4 heterocycles. The van der Waals surface area contributed by atoms with Gasteiger partial charge in [-0.3, -0.25) is 19.6 Å². The van der Waals surface area contributed by atoms with Crippen LogP contribution in [0.25, 0.3) is 20.2 Å². The molecule has 4 N–H and O–H groups in total. The van der Waals surface area contributed by atoms with Crippen LogP contribution in [0.2, 0.25) is 10.0 Å². The monoisotopic (exact) mass is 830 g/mol. The van der Waals surface area contributed by atoms with E-state index in [1.807, 2.05) is 0 Å². The standard InChI is InChI=1S/C18H13ClF2N2O4S.C16H9ClF2N2O4S.Li/c1-2-26-18(25)16-9(14-10(19)5-23-6-13(14)28-16)7-27-15-11(20)3-8(17(22)24)4-12(15)21;17-8-3-21-4-11-12(8)7(14(26-11)16(23)24)5-25-13-9(18)1-6(15(20)22)2-10(13)19;/h3-6H,2,7H2,1H3,(H2,22,24);1-4H,5H2,(H2,20,22)(H,23,24);/q;;+1/p-1. The molecular weight excluding hydrogens is 810 g/mol. The molecule has 12 nitrogen and oxygen atoms in total. The number of carbonyl (C=O) groups is 4. The number of benzene rings is 2. The predicted molar refractivity (Wildman–Crippen MR) is 188 cm³/mol. The van der Waals surface area contributed by atoms with Crippen molar-refractivity contribution in [2.75, 3.05) is 6.61 Å². The Labute approximate surface area is 337 Å². The first-order valence-electron chi connectivity index (χ1n) is 14.9. The molecule has 0 radical (unpaired) electrons. The van der Waals surface area contributed by atoms with Crippen LogP contribution in [0.5, 0.6) is 11.5 Å². The van der Waals surface area contributed by atoms with Gasteiger partial charge in [0.15, 0.2) is 34.8 Å². The molecule has 0 saturated carbocycles. The molecule has 2 aromatic carbocycles. The fraction of sp³-hybridized carbons (Fsp3) is 0.118. The molecule has 0 unspecified atom stereocenters. The molecule has 4 aromatic heterocycles. The second-order valence-electron chi connectivity index (χ2n) is 10.7. The van der Waals surface area contributed by atoms with E-state index < -0.39 is 65.1 Å². The summed E-state index contributed by atoms with van der Waals surface area (Å²) in [6.07, 6.45) is 5.62. The number of halogens is 6. The first-order chi connectivity index (χ1) is 25.6. The van der Waals surface area contributed by atoms with Crippen molar-refractivity contribution in [1.29, 1.82) is 0 Å². The number of esters is 1. The Morgan fingerprint density at radius 2 is 1.09 bits per heavy atom. The van der Waals surface area contributed by atoms with E-state index >= 15 is 0 Å². The minimum Gasteiger partial charge on any atom is -0.544 e. The molecule has 6 rings (SSSR count). The Balaban J connectivity index is 0.000000241. The number of hydrogen-bond acceptors (Lipinski definition) is 12. The number of carboxylic acid groups (broad SMARTS) is 1. The number of hydrogen-bond donors (Lipinski definition) is 2. The maximum atomic E-state index is 14.2. The second-order valence-corrected chi connectivity index (χ2v) is 13.6. The predicted octanol–water partition coefficient (Wildman–Crippen LogP) is 3.36. The molecule has 0 aliphatic rings. The summed E-state index contributed by atoms with van der Waals surface area (Å²) in [6.45, 7) is 0.955. The van der Waals surface area contributed by atoms with Gasteiger partial charge in [0.1, 0.15) is 18.1 Å². The Kier molecular flexibility index (Phi) is 14.1. The molecule has 6 aromatic rings. The van der Waals surface area contributed by atoms with Crippen LogP contribution in [0, 0.1) is 23.3 Å². The smallest absolute Gasteiger partial charge is 0.544 e. The number of carboxylic acids is 1. The molecule has 0 fully saturated rings. The van der Waals surface area contributed by atoms with Crippen molar-refractivity contribution >= 4 is 89.8 Å². The summed E-state index contributed by atoms with van der Waals surface area (Å²) < 4.78 is 72.9. The number of amides is 2. The fourth-order valence-corrected chi connectivity index (χ4v) is 7.70. The van der Waals surface area contributed by atoms with Crippen LogP contribution in [0.15, 0.2) is 49.1 Å². The minimum absolute atomic E-state index is 0. The average Bonchev–Trinajstić information content (AvgIpc) is 3.68. The van der Waals surface area contributed by atoms with Gasteiger partial charge in [0, 0.05) is 57.8 Å². The van der Waals surface area contributed by atoms with Crippen LogP contribution in [0.3, 0.4) is 0 Å². The van der Waals surface area contributed by atoms with Gasteiger partial charge in [-0.05, 0) is 31.2 Å². The molecule has 0 atom stereocenters. The summed E-state index contributed by atoms with van der Waals surface area (Å²) in [5.41, 5.74) is 9.75. The Hall–Kier alpha value is -4.96. The van der Waals surface area contributed by atoms with Crippen LogP contribution in [0.1, 0.15) is 58.1 Å². The van der Waals surface area contributed by atoms with Crippen molar-refractivity contribution in [1.82, 2.24) is 9.97 Å². The number of ether oxygens (including phenoxy) is 3. The summed E-state index contributed by atoms with van der Waals surface area (Å²) in [7, 11) is 0. The number of rotatable bonds is 11. The van der Waals surface area contributed by atoms with Crippen LogP contribution in [-0.4, -0.2) is 40.3 Å². The summed E-state index contributed by atoms with van der Waals surface area (Å²) in [5.74, 6) is -10.0. The maximum Gasteiger partial charge on any atom is 1.00 e. The Bertz CT molecular complexity index is 2440. The number of carbonyl (C=O) groups excluding carboxylic acids is 4. The molecule has 0 saturated heterocycles. The third kappa shape index (κ3) is 9.30. The third-order valence-electron chi connectivity index (χ3n) is 7.24. The van der Waals surface area contributed by atoms with E-state index in [0.29, 0.717) is 25.7 Å². The average molecular weight is 832 g/mol. The zero-order valence-electron chi connectivity index (χ0n) is 28.1. The normalized spacial score (nSPS) is 10.7. The van der Waals surface area contributed by atoms with Gasteiger partial charge in [0.05, 0.1) is 36.9 Å². The fourth-order valence-electron chi connectivity index (χ4n) is 4.92. The number of aromatic carboxylic acids is 1. The zero-order chi connectivity index (χ0) is 39.4. The molecule has 0 bridgehead atoms. The van der Waals surface area contributed by atoms with E-state index in [-0.39, 0.29) is 68.6 Å². The number of nitrogens with two attached hydrogens (primary N) is 2. The van der Waals surface area contributed by atoms with Gasteiger partial charge in [-0.25, -0.2) is 22.4 Å². The summed E-state index contributed by atoms with van der Waals surface area (Å²) in [4.78, 5) is 53.6. The molecule has 55 heavy (non-hydrogen) atoms. The van der Waals surface area contributed by atoms with Gasteiger partial charge >= 0.3 is 24.8 Å². The topological polar surface area (TPSA) is 197 Å². The van der Waals surface area contributed by atoms with Crippen molar-refractivity contribution < 1.29 is 74.9 Å². The van der Waals surface area contributed by atoms with Crippen LogP contribution >= 0.6 is 45.9 Å². The zero-order valence-corrected chi connectivity index (χ0v) is 31.3. The number of primary amides is 2. The Morgan fingerprint density at radius 3 is 1.45 bits per heavy atom. The molecule has 0 spiro atoms. The SMILES string of the molecule is CCOC(=O)c1sc2cncc(Cl)c2c1COc1c(F)cc(C(N)=O)cc1F.NC(=O)c1cc(F)c(OCc2c(C(=O)[O-])sc3cncc(Cl)c23)c(F)c1.[Li+]. The number of thiophene rings is 2. The van der Waals surface area contributed by atoms with Crippen LogP contribution in [-0.2, 0) is 18.0 Å². The molecular formula is C34H21Cl2F4LiN4O8S2. The van der Waals surface area contributed by atoms with E-state index in [0.717, 1.165) is 46.9 Å². The molecule has 21 heteroatoms. The number of aromatic nitrogens is 2. The van der Waals surface area contributed by atoms with Crippen molar-refractivity contribution in [3.63, 3.8) is 0 Å². The first kappa shape index (κ1) is 42.8. The maximum absolute atomic E-state index is 14.2. The number of nitrogens with zero attached hydrogens (tertiary/aromatic N) is 2. The van der Waals surface area contributed by atoms with Crippen molar-refractivity contribution in [3.8, 4) is 11.5 Å². The summed E-state index contributed by atoms with van der Waals surface area (Å²) in [5, 5.41) is 12.6. The van der Waals surface area contributed by atoms with Crippen LogP contribution in [0.4, 0.5) is 17.6 Å². The van der Waals surface area contributed by atoms with Crippen molar-refractivity contribution in [3.05, 3.63) is 114 Å². The van der Waals surface area contributed by atoms with Crippen molar-refractivity contribution in [2.45, 2.75) is 20.1 Å². The van der Waals surface area contributed by atoms with Gasteiger partial charge < -0.3 is 35.6 Å². The molecule has 2 amide bonds. The number of fused-ring (bicyclic) bond motifs is 2. The van der Waals surface area contributed by atoms with E-state index in [4.69, 9.17) is 48.9 Å². The molecule has 0 aliphatic heterocycles. The first-order valence-corrected chi connectivity index (χ1v) is 17.3. The van der Waals surface area contributed by atoms with Crippen LogP contribution < -0.4 is 44.9 Å². The summed E-state index contributed by atoms with van der Waals surface area (Å²) >= 11 is 14.2.